The molecule has 2 aromatic rings. The maximum Gasteiger partial charge on any atom is 0.297 e. The molecule has 0 unspecified atom stereocenters. The van der Waals surface area contributed by atoms with Gasteiger partial charge in [-0.2, -0.15) is 5.10 Å². The van der Waals surface area contributed by atoms with Crippen LogP contribution in [0.2, 0.25) is 0 Å². The van der Waals surface area contributed by atoms with Gasteiger partial charge in [0.1, 0.15) is 5.75 Å². The fraction of sp³-hybridized carbons (Fsp3) is 0.286. The summed E-state index contributed by atoms with van der Waals surface area (Å²) in [4.78, 5) is 13.8. The SMILES string of the molecule is CCN(CC)c1ccc(C=NNC(=O)c2nonc2N)c(O)c1. The number of anilines is 2. The first-order chi connectivity index (χ1) is 11.1. The molecule has 9 nitrogen and oxygen atoms in total. The first kappa shape index (κ1) is 16.3. The molecular weight excluding hydrogens is 300 g/mol. The van der Waals surface area contributed by atoms with Crippen LogP contribution in [-0.4, -0.2) is 40.6 Å². The van der Waals surface area contributed by atoms with Crippen LogP contribution in [0.25, 0.3) is 0 Å². The van der Waals surface area contributed by atoms with E-state index < -0.39 is 5.91 Å². The molecule has 2 rings (SSSR count). The number of phenols is 1. The number of phenolic OH excluding ortho intramolecular Hbond substituents is 1. The lowest BCUT2D eigenvalue weighted by molar-refractivity contribution is 0.0946. The lowest BCUT2D eigenvalue weighted by Crippen LogP contribution is -2.21. The number of hydrogen-bond acceptors (Lipinski definition) is 8. The number of nitrogens with one attached hydrogen (secondary N) is 1. The quantitative estimate of drug-likeness (QED) is 0.534. The number of rotatable bonds is 6. The lowest BCUT2D eigenvalue weighted by atomic mass is 10.2. The summed E-state index contributed by atoms with van der Waals surface area (Å²) in [5.41, 5.74) is 8.85. The molecular formula is C14H18N6O3. The Hall–Kier alpha value is -3.10. The monoisotopic (exact) mass is 318 g/mol. The summed E-state index contributed by atoms with van der Waals surface area (Å²) in [5.74, 6) is -0.710. The zero-order valence-corrected chi connectivity index (χ0v) is 12.9. The van der Waals surface area contributed by atoms with Crippen LogP contribution in [0.4, 0.5) is 11.5 Å². The molecule has 1 heterocycles. The number of carbonyl (C=O) groups is 1. The Balaban J connectivity index is 2.05. The van der Waals surface area contributed by atoms with Crippen molar-refractivity contribution >= 4 is 23.6 Å². The van der Waals surface area contributed by atoms with Crippen LogP contribution >= 0.6 is 0 Å². The van der Waals surface area contributed by atoms with Crippen LogP contribution in [0.15, 0.2) is 27.9 Å². The van der Waals surface area contributed by atoms with Gasteiger partial charge in [0, 0.05) is 30.4 Å². The van der Waals surface area contributed by atoms with E-state index in [1.54, 1.807) is 12.1 Å². The van der Waals surface area contributed by atoms with Crippen LogP contribution in [0.3, 0.4) is 0 Å². The van der Waals surface area contributed by atoms with E-state index in [1.807, 2.05) is 19.9 Å². The van der Waals surface area contributed by atoms with E-state index in [1.165, 1.54) is 6.21 Å². The smallest absolute Gasteiger partial charge is 0.297 e. The van der Waals surface area contributed by atoms with Gasteiger partial charge < -0.3 is 15.7 Å². The molecule has 0 bridgehead atoms. The van der Waals surface area contributed by atoms with Crippen molar-refractivity contribution in [3.05, 3.63) is 29.5 Å². The summed E-state index contributed by atoms with van der Waals surface area (Å²) < 4.78 is 4.32. The van der Waals surface area contributed by atoms with Crippen molar-refractivity contribution in [1.82, 2.24) is 15.7 Å². The van der Waals surface area contributed by atoms with Gasteiger partial charge in [-0.1, -0.05) is 0 Å². The summed E-state index contributed by atoms with van der Waals surface area (Å²) in [6.45, 7) is 5.75. The number of nitrogens with two attached hydrogens (primary N) is 1. The number of aromatic nitrogens is 2. The molecule has 0 fully saturated rings. The Morgan fingerprint density at radius 1 is 1.43 bits per heavy atom. The van der Waals surface area contributed by atoms with E-state index in [0.717, 1.165) is 18.8 Å². The second kappa shape index (κ2) is 7.25. The third-order valence-corrected chi connectivity index (χ3v) is 3.24. The molecule has 1 amide bonds. The second-order valence-corrected chi connectivity index (χ2v) is 4.61. The zero-order chi connectivity index (χ0) is 16.8. The highest BCUT2D eigenvalue weighted by atomic mass is 16.6. The Kier molecular flexibility index (Phi) is 5.13. The number of hydrazone groups is 1. The Bertz CT molecular complexity index is 708. The minimum absolute atomic E-state index is 0.0648. The largest absolute Gasteiger partial charge is 0.507 e. The molecule has 0 aliphatic heterocycles. The highest BCUT2D eigenvalue weighted by Crippen LogP contribution is 2.23. The highest BCUT2D eigenvalue weighted by molar-refractivity contribution is 5.96. The predicted molar refractivity (Wildman–Crippen MR) is 85.4 cm³/mol. The Labute approximate surface area is 132 Å². The van der Waals surface area contributed by atoms with Gasteiger partial charge in [-0.15, -0.1) is 0 Å². The molecule has 1 aromatic carbocycles. The van der Waals surface area contributed by atoms with E-state index in [9.17, 15) is 9.90 Å². The molecule has 4 N–H and O–H groups in total. The molecule has 0 aliphatic rings. The van der Waals surface area contributed by atoms with Crippen molar-refractivity contribution in [2.45, 2.75) is 13.8 Å². The van der Waals surface area contributed by atoms with Crippen LogP contribution < -0.4 is 16.1 Å². The van der Waals surface area contributed by atoms with Gasteiger partial charge in [-0.3, -0.25) is 4.79 Å². The standard InChI is InChI=1S/C14H18N6O3/c1-3-20(4-2)10-6-5-9(11(21)7-10)8-16-17-14(22)12-13(15)19-23-18-12/h5-8,21H,3-4H2,1-2H3,(H2,15,19)(H,17,22). The summed E-state index contributed by atoms with van der Waals surface area (Å²) in [6, 6.07) is 5.23. The van der Waals surface area contributed by atoms with Crippen molar-refractivity contribution < 1.29 is 14.5 Å². The van der Waals surface area contributed by atoms with Crippen LogP contribution in [0.1, 0.15) is 29.9 Å². The average Bonchev–Trinajstić information content (AvgIpc) is 2.96. The van der Waals surface area contributed by atoms with Gasteiger partial charge in [0.15, 0.2) is 0 Å². The summed E-state index contributed by atoms with van der Waals surface area (Å²) in [6.07, 6.45) is 1.32. The summed E-state index contributed by atoms with van der Waals surface area (Å²) >= 11 is 0. The number of hydrogen-bond donors (Lipinski definition) is 3. The third-order valence-electron chi connectivity index (χ3n) is 3.24. The Morgan fingerprint density at radius 2 is 2.17 bits per heavy atom. The molecule has 1 aromatic heterocycles. The van der Waals surface area contributed by atoms with Gasteiger partial charge in [0.05, 0.1) is 6.21 Å². The lowest BCUT2D eigenvalue weighted by Gasteiger charge is -2.21. The van der Waals surface area contributed by atoms with E-state index in [2.05, 4.69) is 30.4 Å². The zero-order valence-electron chi connectivity index (χ0n) is 12.9. The first-order valence-electron chi connectivity index (χ1n) is 7.06. The van der Waals surface area contributed by atoms with Gasteiger partial charge in [-0.25, -0.2) is 10.1 Å². The summed E-state index contributed by atoms with van der Waals surface area (Å²) in [7, 11) is 0. The molecule has 0 saturated heterocycles. The molecule has 0 aliphatic carbocycles. The number of nitrogen functional groups attached to an aromatic ring is 1. The van der Waals surface area contributed by atoms with E-state index in [0.29, 0.717) is 5.56 Å². The molecule has 0 saturated carbocycles. The van der Waals surface area contributed by atoms with Gasteiger partial charge >= 0.3 is 0 Å². The van der Waals surface area contributed by atoms with Crippen molar-refractivity contribution in [2.24, 2.45) is 5.10 Å². The molecule has 23 heavy (non-hydrogen) atoms. The first-order valence-corrected chi connectivity index (χ1v) is 7.06. The molecule has 122 valence electrons. The minimum atomic E-state index is -0.653. The van der Waals surface area contributed by atoms with Crippen molar-refractivity contribution in [1.29, 1.82) is 0 Å². The maximum atomic E-state index is 11.7. The highest BCUT2D eigenvalue weighted by Gasteiger charge is 2.15. The van der Waals surface area contributed by atoms with Crippen LogP contribution in [0, 0.1) is 0 Å². The van der Waals surface area contributed by atoms with Gasteiger partial charge in [0.25, 0.3) is 5.91 Å². The maximum absolute atomic E-state index is 11.7. The normalized spacial score (nSPS) is 10.9. The molecule has 0 radical (unpaired) electrons. The van der Waals surface area contributed by atoms with Crippen molar-refractivity contribution in [3.63, 3.8) is 0 Å². The van der Waals surface area contributed by atoms with Crippen molar-refractivity contribution in [3.8, 4) is 5.75 Å². The number of amides is 1. The molecule has 0 atom stereocenters. The second-order valence-electron chi connectivity index (χ2n) is 4.61. The fourth-order valence-electron chi connectivity index (χ4n) is 1.99. The number of aromatic hydroxyl groups is 1. The number of carbonyl (C=O) groups excluding carboxylic acids is 1. The predicted octanol–water partition coefficient (Wildman–Crippen LogP) is 0.967. The molecule has 9 heteroatoms. The van der Waals surface area contributed by atoms with E-state index in [-0.39, 0.29) is 17.3 Å². The number of nitrogens with zero attached hydrogens (tertiary/aromatic N) is 4. The Morgan fingerprint density at radius 3 is 2.74 bits per heavy atom. The van der Waals surface area contributed by atoms with Crippen LogP contribution in [0.5, 0.6) is 5.75 Å². The topological polar surface area (TPSA) is 130 Å². The minimum Gasteiger partial charge on any atom is -0.507 e. The third kappa shape index (κ3) is 3.76. The fourth-order valence-corrected chi connectivity index (χ4v) is 1.99. The number of benzene rings is 1. The van der Waals surface area contributed by atoms with Gasteiger partial charge in [0.2, 0.25) is 11.5 Å². The van der Waals surface area contributed by atoms with Gasteiger partial charge in [-0.05, 0) is 36.3 Å². The summed E-state index contributed by atoms with van der Waals surface area (Å²) in [5, 5.41) is 20.4. The van der Waals surface area contributed by atoms with E-state index >= 15 is 0 Å². The van der Waals surface area contributed by atoms with Crippen molar-refractivity contribution in [2.75, 3.05) is 23.7 Å². The molecule has 0 spiro atoms. The van der Waals surface area contributed by atoms with Crippen LogP contribution in [-0.2, 0) is 0 Å². The average molecular weight is 318 g/mol. The van der Waals surface area contributed by atoms with E-state index in [4.69, 9.17) is 5.73 Å².